The molecule has 0 atom stereocenters. The van der Waals surface area contributed by atoms with E-state index in [9.17, 15) is 4.79 Å². The summed E-state index contributed by atoms with van der Waals surface area (Å²) in [6.07, 6.45) is 4.41. The Hall–Kier alpha value is -1.23. The second kappa shape index (κ2) is 5.91. The maximum atomic E-state index is 11.8. The van der Waals surface area contributed by atoms with Crippen molar-refractivity contribution >= 4 is 28.4 Å². The summed E-state index contributed by atoms with van der Waals surface area (Å²) in [5.41, 5.74) is 2.10. The van der Waals surface area contributed by atoms with Gasteiger partial charge in [0.15, 0.2) is 0 Å². The van der Waals surface area contributed by atoms with Crippen LogP contribution >= 0.6 is 22.6 Å². The van der Waals surface area contributed by atoms with Crippen LogP contribution in [-0.4, -0.2) is 10.8 Å². The van der Waals surface area contributed by atoms with Gasteiger partial charge in [-0.25, -0.2) is 0 Å². The van der Waals surface area contributed by atoms with Crippen LogP contribution in [-0.2, 0) is 17.6 Å². The third-order valence-electron chi connectivity index (χ3n) is 2.47. The van der Waals surface area contributed by atoms with E-state index >= 15 is 0 Å². The Balaban J connectivity index is 1.96. The van der Waals surface area contributed by atoms with Crippen LogP contribution in [0.4, 0.5) is 0 Å². The van der Waals surface area contributed by atoms with Gasteiger partial charge in [-0.15, -0.1) is 0 Å². The Labute approximate surface area is 114 Å². The highest BCUT2D eigenvalue weighted by molar-refractivity contribution is 14.1. The van der Waals surface area contributed by atoms with Gasteiger partial charge in [0.25, 0.3) is 0 Å². The van der Waals surface area contributed by atoms with Crippen LogP contribution in [0.15, 0.2) is 48.8 Å². The Morgan fingerprint density at radius 1 is 0.941 bits per heavy atom. The zero-order valence-corrected chi connectivity index (χ0v) is 11.4. The molecule has 2 nitrogen and oxygen atoms in total. The first kappa shape index (κ1) is 12.2. The molecular weight excluding hydrogens is 325 g/mol. The van der Waals surface area contributed by atoms with E-state index < -0.39 is 0 Å². The Morgan fingerprint density at radius 2 is 1.47 bits per heavy atom. The van der Waals surface area contributed by atoms with Crippen molar-refractivity contribution in [1.82, 2.24) is 4.98 Å². The number of halogens is 1. The van der Waals surface area contributed by atoms with Crippen molar-refractivity contribution in [2.45, 2.75) is 12.8 Å². The van der Waals surface area contributed by atoms with Crippen LogP contribution in [0.1, 0.15) is 11.1 Å². The standard InChI is InChI=1S/C14H12INO/c15-13-3-1-11(2-4-13)9-14(17)10-12-5-7-16-8-6-12/h1-8H,9-10H2. The fraction of sp³-hybridized carbons (Fsp3) is 0.143. The summed E-state index contributed by atoms with van der Waals surface area (Å²) < 4.78 is 1.19. The number of carbonyl (C=O) groups is 1. The number of hydrogen-bond donors (Lipinski definition) is 0. The van der Waals surface area contributed by atoms with Gasteiger partial charge in [0.2, 0.25) is 0 Å². The van der Waals surface area contributed by atoms with E-state index in [4.69, 9.17) is 0 Å². The molecule has 0 N–H and O–H groups in total. The fourth-order valence-corrected chi connectivity index (χ4v) is 1.98. The van der Waals surface area contributed by atoms with Crippen molar-refractivity contribution in [2.24, 2.45) is 0 Å². The number of hydrogen-bond acceptors (Lipinski definition) is 2. The van der Waals surface area contributed by atoms with E-state index in [0.29, 0.717) is 12.8 Å². The summed E-state index contributed by atoms with van der Waals surface area (Å²) >= 11 is 2.26. The number of benzene rings is 1. The molecule has 0 fully saturated rings. The van der Waals surface area contributed by atoms with Gasteiger partial charge in [-0.05, 0) is 58.0 Å². The lowest BCUT2D eigenvalue weighted by molar-refractivity contribution is -0.117. The van der Waals surface area contributed by atoms with Gasteiger partial charge in [0.1, 0.15) is 5.78 Å². The van der Waals surface area contributed by atoms with Crippen LogP contribution in [0.5, 0.6) is 0 Å². The molecule has 0 saturated heterocycles. The maximum Gasteiger partial charge on any atom is 0.141 e. The topological polar surface area (TPSA) is 30.0 Å². The van der Waals surface area contributed by atoms with Gasteiger partial charge in [-0.2, -0.15) is 0 Å². The molecule has 2 aromatic rings. The van der Waals surface area contributed by atoms with Crippen molar-refractivity contribution in [3.05, 3.63) is 63.5 Å². The third kappa shape index (κ3) is 3.93. The number of rotatable bonds is 4. The van der Waals surface area contributed by atoms with Crippen molar-refractivity contribution in [3.63, 3.8) is 0 Å². The van der Waals surface area contributed by atoms with E-state index in [2.05, 4.69) is 27.6 Å². The lowest BCUT2D eigenvalue weighted by Gasteiger charge is -2.02. The van der Waals surface area contributed by atoms with E-state index in [1.807, 2.05) is 36.4 Å². The summed E-state index contributed by atoms with van der Waals surface area (Å²) in [5, 5.41) is 0. The molecule has 17 heavy (non-hydrogen) atoms. The first-order valence-corrected chi connectivity index (χ1v) is 6.47. The van der Waals surface area contributed by atoms with Crippen LogP contribution < -0.4 is 0 Å². The van der Waals surface area contributed by atoms with Crippen molar-refractivity contribution in [3.8, 4) is 0 Å². The normalized spacial score (nSPS) is 10.2. The Bertz CT molecular complexity index is 493. The molecule has 0 saturated carbocycles. The van der Waals surface area contributed by atoms with E-state index in [-0.39, 0.29) is 5.78 Å². The minimum absolute atomic E-state index is 0.234. The Kier molecular flexibility index (Phi) is 4.25. The number of carbonyl (C=O) groups excluding carboxylic acids is 1. The first-order valence-electron chi connectivity index (χ1n) is 5.39. The summed E-state index contributed by atoms with van der Waals surface area (Å²) in [5.74, 6) is 0.234. The first-order chi connectivity index (χ1) is 8.24. The van der Waals surface area contributed by atoms with Gasteiger partial charge in [-0.1, -0.05) is 12.1 Å². The molecule has 0 bridgehead atoms. The molecule has 0 spiro atoms. The number of ketones is 1. The predicted octanol–water partition coefficient (Wildman–Crippen LogP) is 3.04. The number of Topliss-reactive ketones (excluding diaryl/α,β-unsaturated/α-hetero) is 1. The van der Waals surface area contributed by atoms with Gasteiger partial charge in [0, 0.05) is 28.8 Å². The van der Waals surface area contributed by atoms with E-state index in [0.717, 1.165) is 11.1 Å². The SMILES string of the molecule is O=C(Cc1ccncc1)Cc1ccc(I)cc1. The number of nitrogens with zero attached hydrogens (tertiary/aromatic N) is 1. The highest BCUT2D eigenvalue weighted by Gasteiger charge is 2.04. The molecule has 0 aliphatic carbocycles. The van der Waals surface area contributed by atoms with E-state index in [1.54, 1.807) is 12.4 Å². The molecule has 3 heteroatoms. The zero-order chi connectivity index (χ0) is 12.1. The van der Waals surface area contributed by atoms with Crippen LogP contribution in [0.3, 0.4) is 0 Å². The summed E-state index contributed by atoms with van der Waals surface area (Å²) in [7, 11) is 0. The smallest absolute Gasteiger partial charge is 0.141 e. The summed E-state index contributed by atoms with van der Waals surface area (Å²) in [6.45, 7) is 0. The predicted molar refractivity (Wildman–Crippen MR) is 75.8 cm³/mol. The van der Waals surface area contributed by atoms with Crippen molar-refractivity contribution < 1.29 is 4.79 Å². The monoisotopic (exact) mass is 337 g/mol. The third-order valence-corrected chi connectivity index (χ3v) is 3.18. The lowest BCUT2D eigenvalue weighted by Crippen LogP contribution is -2.06. The molecule has 1 aromatic heterocycles. The fourth-order valence-electron chi connectivity index (χ4n) is 1.62. The highest BCUT2D eigenvalue weighted by Crippen LogP contribution is 2.09. The van der Waals surface area contributed by atoms with Crippen molar-refractivity contribution in [1.29, 1.82) is 0 Å². The average Bonchev–Trinajstić information content (AvgIpc) is 2.33. The van der Waals surface area contributed by atoms with Gasteiger partial charge in [-0.3, -0.25) is 9.78 Å². The van der Waals surface area contributed by atoms with Crippen LogP contribution in [0.2, 0.25) is 0 Å². The second-order valence-electron chi connectivity index (χ2n) is 3.87. The van der Waals surface area contributed by atoms with Crippen LogP contribution in [0, 0.1) is 3.57 Å². The molecule has 0 unspecified atom stereocenters. The van der Waals surface area contributed by atoms with Gasteiger partial charge >= 0.3 is 0 Å². The quantitative estimate of drug-likeness (QED) is 0.803. The van der Waals surface area contributed by atoms with E-state index in [1.165, 1.54) is 3.57 Å². The van der Waals surface area contributed by atoms with Crippen molar-refractivity contribution in [2.75, 3.05) is 0 Å². The molecule has 0 amide bonds. The number of aromatic nitrogens is 1. The molecule has 0 radical (unpaired) electrons. The zero-order valence-electron chi connectivity index (χ0n) is 9.27. The molecule has 86 valence electrons. The molecule has 1 heterocycles. The average molecular weight is 337 g/mol. The van der Waals surface area contributed by atoms with Crippen LogP contribution in [0.25, 0.3) is 0 Å². The molecular formula is C14H12INO. The maximum absolute atomic E-state index is 11.8. The van der Waals surface area contributed by atoms with Gasteiger partial charge < -0.3 is 0 Å². The lowest BCUT2D eigenvalue weighted by atomic mass is 10.0. The molecule has 0 aliphatic heterocycles. The minimum atomic E-state index is 0.234. The molecule has 1 aromatic carbocycles. The summed E-state index contributed by atoms with van der Waals surface area (Å²) in [6, 6.07) is 11.8. The Morgan fingerprint density at radius 3 is 2.06 bits per heavy atom. The number of pyridine rings is 1. The minimum Gasteiger partial charge on any atom is -0.299 e. The largest absolute Gasteiger partial charge is 0.299 e. The second-order valence-corrected chi connectivity index (χ2v) is 5.12. The molecule has 2 rings (SSSR count). The summed E-state index contributed by atoms with van der Waals surface area (Å²) in [4.78, 5) is 15.8. The molecule has 0 aliphatic rings. The van der Waals surface area contributed by atoms with Gasteiger partial charge in [0.05, 0.1) is 0 Å². The highest BCUT2D eigenvalue weighted by atomic mass is 127.